The molecule has 4 aromatic carbocycles. The lowest BCUT2D eigenvalue weighted by Crippen LogP contribution is -2.38. The molecular weight excluding hydrogens is 609 g/mol. The highest BCUT2D eigenvalue weighted by Crippen LogP contribution is 2.43. The van der Waals surface area contributed by atoms with Crippen molar-refractivity contribution in [3.05, 3.63) is 132 Å². The minimum absolute atomic E-state index is 0.0174. The van der Waals surface area contributed by atoms with Gasteiger partial charge in [0.15, 0.2) is 11.4 Å². The average molecular weight is 643 g/mol. The summed E-state index contributed by atoms with van der Waals surface area (Å²) in [5.41, 5.74) is 5.49. The monoisotopic (exact) mass is 642 g/mol. The number of sulfonamides is 1. The van der Waals surface area contributed by atoms with E-state index < -0.39 is 16.3 Å². The molecule has 9 nitrogen and oxygen atoms in total. The Labute approximate surface area is 267 Å². The van der Waals surface area contributed by atoms with Gasteiger partial charge < -0.3 is 14.6 Å². The minimum Gasteiger partial charge on any atom is -0.392 e. The van der Waals surface area contributed by atoms with Gasteiger partial charge in [-0.15, -0.1) is 0 Å². The molecule has 11 heteroatoms. The number of aliphatic hydroxyl groups is 1. The van der Waals surface area contributed by atoms with Crippen LogP contribution in [0.1, 0.15) is 41.6 Å². The van der Waals surface area contributed by atoms with E-state index in [0.29, 0.717) is 5.75 Å². The number of H-pyrrole nitrogens is 1. The molecule has 0 saturated carbocycles. The number of nitrogens with one attached hydrogen (secondary N) is 2. The second-order valence-electron chi connectivity index (χ2n) is 10.9. The van der Waals surface area contributed by atoms with Gasteiger partial charge in [-0.25, -0.2) is 18.1 Å². The Morgan fingerprint density at radius 3 is 2.36 bits per heavy atom. The Hall–Kier alpha value is -3.84. The van der Waals surface area contributed by atoms with Gasteiger partial charge in [0.1, 0.15) is 6.33 Å². The van der Waals surface area contributed by atoms with Crippen LogP contribution in [0, 0.1) is 5.92 Å². The van der Waals surface area contributed by atoms with Gasteiger partial charge in [0.2, 0.25) is 10.0 Å². The number of ether oxygens (including phenoxy) is 2. The van der Waals surface area contributed by atoms with Crippen LogP contribution in [-0.4, -0.2) is 40.6 Å². The van der Waals surface area contributed by atoms with Crippen molar-refractivity contribution in [2.24, 2.45) is 5.92 Å². The highest BCUT2D eigenvalue weighted by Gasteiger charge is 2.38. The number of aromatic nitrogens is 3. The lowest BCUT2D eigenvalue weighted by Gasteiger charge is -2.41. The van der Waals surface area contributed by atoms with E-state index in [9.17, 15) is 13.5 Å². The van der Waals surface area contributed by atoms with Crippen molar-refractivity contribution in [2.45, 2.75) is 48.6 Å². The molecule has 0 spiro atoms. The maximum absolute atomic E-state index is 12.7. The number of benzene rings is 4. The fraction of sp³-hybridized carbons (Fsp3) is 0.235. The Balaban J connectivity index is 1.23. The topological polar surface area (TPSA) is 126 Å². The molecule has 0 bridgehead atoms. The number of thioether (sulfide) groups is 1. The summed E-state index contributed by atoms with van der Waals surface area (Å²) in [7, 11) is -3.62. The molecule has 1 aromatic heterocycles. The van der Waals surface area contributed by atoms with Crippen LogP contribution < -0.4 is 4.72 Å². The van der Waals surface area contributed by atoms with E-state index in [1.54, 1.807) is 42.1 Å². The van der Waals surface area contributed by atoms with E-state index >= 15 is 0 Å². The summed E-state index contributed by atoms with van der Waals surface area (Å²) in [6, 6.07) is 32.0. The van der Waals surface area contributed by atoms with Gasteiger partial charge in [0, 0.05) is 23.8 Å². The van der Waals surface area contributed by atoms with Crippen LogP contribution in [0.15, 0.2) is 120 Å². The van der Waals surface area contributed by atoms with E-state index in [2.05, 4.69) is 32.9 Å². The summed E-state index contributed by atoms with van der Waals surface area (Å²) in [4.78, 5) is 4.47. The van der Waals surface area contributed by atoms with E-state index in [0.717, 1.165) is 38.5 Å². The summed E-state index contributed by atoms with van der Waals surface area (Å²) >= 11 is 1.55. The molecule has 1 saturated heterocycles. The van der Waals surface area contributed by atoms with E-state index in [-0.39, 0.29) is 36.2 Å². The number of hydrogen-bond acceptors (Lipinski definition) is 8. The zero-order chi connectivity index (χ0) is 31.2. The SMILES string of the molecule is C[C@@H]1[C@H](CSc2ncn[nH]2)O[C@H](c2cccc(-c3cccc(CNS(=O)(=O)c4ccccc4)c3)c2)O[C@@H]1c1ccc(CO)cc1. The van der Waals surface area contributed by atoms with Gasteiger partial charge in [-0.05, 0) is 52.1 Å². The van der Waals surface area contributed by atoms with Crippen LogP contribution in [-0.2, 0) is 32.6 Å². The first-order valence-corrected chi connectivity index (χ1v) is 17.1. The molecule has 0 aliphatic carbocycles. The third-order valence-corrected chi connectivity index (χ3v) is 10.2. The van der Waals surface area contributed by atoms with Crippen molar-refractivity contribution in [2.75, 3.05) is 5.75 Å². The lowest BCUT2D eigenvalue weighted by molar-refractivity contribution is -0.268. The first-order valence-electron chi connectivity index (χ1n) is 14.6. The summed E-state index contributed by atoms with van der Waals surface area (Å²) in [5, 5.41) is 17.1. The van der Waals surface area contributed by atoms with Crippen LogP contribution in [0.3, 0.4) is 0 Å². The van der Waals surface area contributed by atoms with E-state index in [4.69, 9.17) is 9.47 Å². The fourth-order valence-corrected chi connectivity index (χ4v) is 7.30. The predicted octanol–water partition coefficient (Wildman–Crippen LogP) is 6.03. The Kier molecular flexibility index (Phi) is 9.74. The lowest BCUT2D eigenvalue weighted by atomic mass is 9.91. The van der Waals surface area contributed by atoms with Gasteiger partial charge in [0.05, 0.1) is 23.7 Å². The van der Waals surface area contributed by atoms with Crippen molar-refractivity contribution in [1.29, 1.82) is 0 Å². The summed E-state index contributed by atoms with van der Waals surface area (Å²) < 4.78 is 41.4. The third kappa shape index (κ3) is 7.52. The molecule has 6 rings (SSSR count). The molecule has 45 heavy (non-hydrogen) atoms. The van der Waals surface area contributed by atoms with Crippen molar-refractivity contribution < 1.29 is 23.0 Å². The summed E-state index contributed by atoms with van der Waals surface area (Å²) in [5.74, 6) is 0.693. The second-order valence-corrected chi connectivity index (χ2v) is 13.7. The minimum atomic E-state index is -3.62. The smallest absolute Gasteiger partial charge is 0.240 e. The molecule has 3 N–H and O–H groups in total. The highest BCUT2D eigenvalue weighted by atomic mass is 32.2. The zero-order valence-corrected chi connectivity index (χ0v) is 26.2. The van der Waals surface area contributed by atoms with Crippen LogP contribution in [0.2, 0.25) is 0 Å². The Morgan fingerprint density at radius 2 is 1.62 bits per heavy atom. The number of aliphatic hydroxyl groups excluding tert-OH is 1. The van der Waals surface area contributed by atoms with Gasteiger partial charge >= 0.3 is 0 Å². The van der Waals surface area contributed by atoms with Gasteiger partial charge in [0.25, 0.3) is 0 Å². The van der Waals surface area contributed by atoms with Crippen LogP contribution >= 0.6 is 11.8 Å². The first-order chi connectivity index (χ1) is 21.9. The van der Waals surface area contributed by atoms with Crippen molar-refractivity contribution in [3.8, 4) is 11.1 Å². The number of nitrogens with zero attached hydrogens (tertiary/aromatic N) is 2. The maximum Gasteiger partial charge on any atom is 0.240 e. The van der Waals surface area contributed by atoms with Crippen LogP contribution in [0.4, 0.5) is 0 Å². The summed E-state index contributed by atoms with van der Waals surface area (Å²) in [6.07, 6.45) is 0.487. The highest BCUT2D eigenvalue weighted by molar-refractivity contribution is 7.99. The Bertz CT molecular complexity index is 1800. The van der Waals surface area contributed by atoms with E-state index in [1.807, 2.05) is 66.7 Å². The van der Waals surface area contributed by atoms with E-state index in [1.165, 1.54) is 6.33 Å². The molecule has 0 amide bonds. The zero-order valence-electron chi connectivity index (χ0n) is 24.6. The molecule has 0 radical (unpaired) electrons. The molecule has 0 unspecified atom stereocenters. The van der Waals surface area contributed by atoms with Crippen LogP contribution in [0.5, 0.6) is 0 Å². The van der Waals surface area contributed by atoms with Gasteiger partial charge in [-0.2, -0.15) is 5.10 Å². The largest absolute Gasteiger partial charge is 0.392 e. The molecular formula is C34H34N4O5S2. The second kappa shape index (κ2) is 14.1. The maximum atomic E-state index is 12.7. The normalized spacial score (nSPS) is 20.2. The van der Waals surface area contributed by atoms with Crippen molar-refractivity contribution >= 4 is 21.8 Å². The number of hydrogen-bond donors (Lipinski definition) is 3. The molecule has 1 aliphatic heterocycles. The molecule has 5 aromatic rings. The van der Waals surface area contributed by atoms with Crippen LogP contribution in [0.25, 0.3) is 11.1 Å². The van der Waals surface area contributed by atoms with Gasteiger partial charge in [-0.1, -0.05) is 97.5 Å². The molecule has 1 fully saturated rings. The number of aromatic amines is 1. The standard InChI is InChI=1S/C34H34N4O5S2/c1-23-31(21-44-34-35-22-36-38-34)42-33(43-32(23)26-15-13-24(20-39)14-16-26)29-10-6-9-28(18-29)27-8-5-7-25(17-27)19-37-45(40,41)30-11-3-2-4-12-30/h2-18,22-23,31-33,37,39H,19-21H2,1H3,(H,35,36,38)/t23-,31+,32+,33+/m1/s1. The number of rotatable bonds is 11. The Morgan fingerprint density at radius 1 is 0.867 bits per heavy atom. The molecule has 2 heterocycles. The first kappa shape index (κ1) is 31.2. The third-order valence-electron chi connectivity index (χ3n) is 7.84. The van der Waals surface area contributed by atoms with Crippen molar-refractivity contribution in [1.82, 2.24) is 19.9 Å². The average Bonchev–Trinajstić information content (AvgIpc) is 3.61. The summed E-state index contributed by atoms with van der Waals surface area (Å²) in [6.45, 7) is 2.27. The van der Waals surface area contributed by atoms with Crippen molar-refractivity contribution in [3.63, 3.8) is 0 Å². The van der Waals surface area contributed by atoms with Gasteiger partial charge in [-0.3, -0.25) is 5.10 Å². The fourth-order valence-electron chi connectivity index (χ4n) is 5.32. The molecule has 1 aliphatic rings. The molecule has 232 valence electrons. The quantitative estimate of drug-likeness (QED) is 0.149. The predicted molar refractivity (Wildman–Crippen MR) is 172 cm³/mol. The molecule has 4 atom stereocenters.